The predicted molar refractivity (Wildman–Crippen MR) is 129 cm³/mol. The Morgan fingerprint density at radius 1 is 1.10 bits per heavy atom. The van der Waals surface area contributed by atoms with Crippen LogP contribution < -0.4 is 0 Å². The first kappa shape index (κ1) is 21.8. The van der Waals surface area contributed by atoms with Gasteiger partial charge in [0.1, 0.15) is 0 Å². The van der Waals surface area contributed by atoms with Crippen LogP contribution in [0.4, 0.5) is 0 Å². The quantitative estimate of drug-likeness (QED) is 0.630. The molecule has 2 aliphatic rings. The van der Waals surface area contributed by atoms with Gasteiger partial charge >= 0.3 is 0 Å². The Bertz CT molecular complexity index is 1190. The molecule has 1 atom stereocenters. The molecule has 0 saturated heterocycles. The van der Waals surface area contributed by atoms with Gasteiger partial charge in [0, 0.05) is 47.3 Å². The molecule has 2 aliphatic heterocycles. The van der Waals surface area contributed by atoms with Gasteiger partial charge in [-0.3, -0.25) is 4.99 Å². The first-order chi connectivity index (χ1) is 14.8. The van der Waals surface area contributed by atoms with Crippen LogP contribution in [0, 0.1) is 0 Å². The molecular formula is C25H27ClN2O2S. The van der Waals surface area contributed by atoms with Crippen molar-refractivity contribution in [1.29, 1.82) is 0 Å². The number of likely N-dealkylation sites (N-methyl/N-ethyl adjacent to an activating group) is 1. The van der Waals surface area contributed by atoms with E-state index in [9.17, 15) is 8.42 Å². The van der Waals surface area contributed by atoms with E-state index in [1.807, 2.05) is 42.5 Å². The molecule has 6 heteroatoms. The third-order valence-corrected chi connectivity index (χ3v) is 7.77. The summed E-state index contributed by atoms with van der Waals surface area (Å²) in [5.41, 5.74) is 7.11. The van der Waals surface area contributed by atoms with Crippen molar-refractivity contribution in [3.63, 3.8) is 0 Å². The van der Waals surface area contributed by atoms with E-state index in [0.29, 0.717) is 5.02 Å². The van der Waals surface area contributed by atoms with Crippen molar-refractivity contribution < 1.29 is 8.42 Å². The van der Waals surface area contributed by atoms with Crippen LogP contribution in [0.2, 0.25) is 5.02 Å². The second kappa shape index (κ2) is 8.64. The van der Waals surface area contributed by atoms with E-state index in [1.54, 1.807) is 6.92 Å². The maximum Gasteiger partial charge on any atom is 0.154 e. The maximum atomic E-state index is 12.3. The number of benzene rings is 2. The van der Waals surface area contributed by atoms with Gasteiger partial charge in [-0.1, -0.05) is 55.8 Å². The largest absolute Gasteiger partial charge is 0.376 e. The van der Waals surface area contributed by atoms with Crippen LogP contribution in [0.15, 0.2) is 65.3 Å². The van der Waals surface area contributed by atoms with Crippen molar-refractivity contribution in [1.82, 2.24) is 4.90 Å². The second-order valence-corrected chi connectivity index (χ2v) is 10.9. The highest BCUT2D eigenvalue weighted by atomic mass is 35.5. The standard InChI is InChI=1S/C25H27ClN2O2S/c1-4-24-20-12-13-28(3)15-23(20)22-14-17(16-31(29,30)5-2)6-11-21(22)25(27-24)18-7-9-19(26)10-8-18/h6-12,14-15,24H,4-5,13,16H2,1-3H3/t24-/m0/s1. The highest BCUT2D eigenvalue weighted by Crippen LogP contribution is 2.38. The molecule has 2 heterocycles. The number of aliphatic imine (C=N–C) groups is 1. The Labute approximate surface area is 189 Å². The predicted octanol–water partition coefficient (Wildman–Crippen LogP) is 5.12. The van der Waals surface area contributed by atoms with Crippen molar-refractivity contribution >= 4 is 32.7 Å². The lowest BCUT2D eigenvalue weighted by atomic mass is 9.87. The van der Waals surface area contributed by atoms with Crippen molar-refractivity contribution in [3.8, 4) is 0 Å². The fourth-order valence-corrected chi connectivity index (χ4v) is 5.17. The molecule has 0 spiro atoms. The minimum absolute atomic E-state index is 0.0425. The lowest BCUT2D eigenvalue weighted by Crippen LogP contribution is -2.20. The molecular weight excluding hydrogens is 428 g/mol. The number of hydrogen-bond donors (Lipinski definition) is 0. The molecule has 2 aromatic rings. The molecule has 0 saturated carbocycles. The molecule has 0 radical (unpaired) electrons. The second-order valence-electron chi connectivity index (χ2n) is 8.11. The van der Waals surface area contributed by atoms with Gasteiger partial charge in [0.25, 0.3) is 0 Å². The van der Waals surface area contributed by atoms with Crippen molar-refractivity contribution in [2.75, 3.05) is 19.3 Å². The zero-order valence-corrected chi connectivity index (χ0v) is 19.7. The van der Waals surface area contributed by atoms with Gasteiger partial charge in [-0.05, 0) is 41.3 Å². The van der Waals surface area contributed by atoms with E-state index < -0.39 is 9.84 Å². The number of sulfone groups is 1. The summed E-state index contributed by atoms with van der Waals surface area (Å²) < 4.78 is 24.6. The Hall–Kier alpha value is -2.37. The molecule has 4 nitrogen and oxygen atoms in total. The Kier molecular flexibility index (Phi) is 6.09. The SMILES string of the molecule is CC[C@@H]1N=C(c2ccc(Cl)cc2)c2ccc(CS(=O)(=O)CC)cc2C2=CN(C)CC=C21. The van der Waals surface area contributed by atoms with Gasteiger partial charge in [0.2, 0.25) is 0 Å². The van der Waals surface area contributed by atoms with E-state index in [2.05, 4.69) is 31.1 Å². The van der Waals surface area contributed by atoms with Crippen LogP contribution in [0.1, 0.15) is 42.5 Å². The number of halogens is 1. The molecule has 31 heavy (non-hydrogen) atoms. The third kappa shape index (κ3) is 4.48. The number of hydrogen-bond acceptors (Lipinski definition) is 4. The summed E-state index contributed by atoms with van der Waals surface area (Å²) in [6, 6.07) is 13.8. The smallest absolute Gasteiger partial charge is 0.154 e. The summed E-state index contributed by atoms with van der Waals surface area (Å²) in [5.74, 6) is 0.180. The molecule has 4 rings (SSSR count). The summed E-state index contributed by atoms with van der Waals surface area (Å²) in [7, 11) is -1.07. The van der Waals surface area contributed by atoms with Gasteiger partial charge < -0.3 is 4.90 Å². The Morgan fingerprint density at radius 2 is 1.84 bits per heavy atom. The minimum Gasteiger partial charge on any atom is -0.376 e. The highest BCUT2D eigenvalue weighted by molar-refractivity contribution is 7.90. The Morgan fingerprint density at radius 3 is 2.52 bits per heavy atom. The number of fused-ring (bicyclic) bond motifs is 3. The average Bonchev–Trinajstić information content (AvgIpc) is 2.88. The first-order valence-corrected chi connectivity index (χ1v) is 12.8. The highest BCUT2D eigenvalue weighted by Gasteiger charge is 2.28. The zero-order valence-electron chi connectivity index (χ0n) is 18.1. The number of rotatable bonds is 5. The van der Waals surface area contributed by atoms with Crippen molar-refractivity contribution in [3.05, 3.63) is 87.6 Å². The van der Waals surface area contributed by atoms with E-state index in [-0.39, 0.29) is 17.5 Å². The van der Waals surface area contributed by atoms with E-state index in [4.69, 9.17) is 16.6 Å². The number of nitrogens with zero attached hydrogens (tertiary/aromatic N) is 2. The van der Waals surface area contributed by atoms with E-state index >= 15 is 0 Å². The third-order valence-electron chi connectivity index (χ3n) is 5.86. The fraction of sp³-hybridized carbons (Fsp3) is 0.320. The lowest BCUT2D eigenvalue weighted by molar-refractivity contribution is 0.501. The normalized spacial score (nSPS) is 18.4. The Balaban J connectivity index is 1.94. The van der Waals surface area contributed by atoms with Crippen LogP contribution in [0.25, 0.3) is 5.57 Å². The van der Waals surface area contributed by atoms with Crippen LogP contribution in [-0.4, -0.2) is 44.4 Å². The zero-order chi connectivity index (χ0) is 22.2. The lowest BCUT2D eigenvalue weighted by Gasteiger charge is -2.26. The van der Waals surface area contributed by atoms with Gasteiger partial charge in [0.05, 0.1) is 17.5 Å². The molecule has 0 bridgehead atoms. The van der Waals surface area contributed by atoms with Crippen molar-refractivity contribution in [2.24, 2.45) is 4.99 Å². The van der Waals surface area contributed by atoms with Gasteiger partial charge in [-0.15, -0.1) is 0 Å². The van der Waals surface area contributed by atoms with Gasteiger partial charge in [0.15, 0.2) is 9.84 Å². The molecule has 162 valence electrons. The van der Waals surface area contributed by atoms with Gasteiger partial charge in [-0.25, -0.2) is 8.42 Å². The van der Waals surface area contributed by atoms with E-state index in [0.717, 1.165) is 46.5 Å². The van der Waals surface area contributed by atoms with E-state index in [1.165, 1.54) is 5.57 Å². The van der Waals surface area contributed by atoms with Crippen LogP contribution in [0.5, 0.6) is 0 Å². The molecule has 2 aromatic carbocycles. The summed E-state index contributed by atoms with van der Waals surface area (Å²) in [6.45, 7) is 4.68. The first-order valence-electron chi connectivity index (χ1n) is 10.6. The van der Waals surface area contributed by atoms with Gasteiger partial charge in [-0.2, -0.15) is 0 Å². The maximum absolute atomic E-state index is 12.3. The summed E-state index contributed by atoms with van der Waals surface area (Å²) in [6.07, 6.45) is 5.29. The van der Waals surface area contributed by atoms with Crippen LogP contribution in [0.3, 0.4) is 0 Å². The molecule has 0 N–H and O–H groups in total. The molecule has 0 aromatic heterocycles. The summed E-state index contributed by atoms with van der Waals surface area (Å²) >= 11 is 6.13. The molecule has 0 unspecified atom stereocenters. The summed E-state index contributed by atoms with van der Waals surface area (Å²) in [4.78, 5) is 7.34. The topological polar surface area (TPSA) is 49.7 Å². The minimum atomic E-state index is -3.12. The van der Waals surface area contributed by atoms with Crippen LogP contribution in [-0.2, 0) is 15.6 Å². The monoisotopic (exact) mass is 454 g/mol. The van der Waals surface area contributed by atoms with Crippen LogP contribution >= 0.6 is 11.6 Å². The average molecular weight is 455 g/mol. The molecule has 0 aliphatic carbocycles. The molecule has 0 amide bonds. The summed E-state index contributed by atoms with van der Waals surface area (Å²) in [5, 5.41) is 0.686. The fourth-order valence-electron chi connectivity index (χ4n) is 4.15. The van der Waals surface area contributed by atoms with Crippen molar-refractivity contribution in [2.45, 2.75) is 32.1 Å². The molecule has 0 fully saturated rings.